The summed E-state index contributed by atoms with van der Waals surface area (Å²) in [5.74, 6) is -3.30. The molecule has 1 unspecified atom stereocenters. The first-order valence-electron chi connectivity index (χ1n) is 12.3. The Bertz CT molecular complexity index is 1350. The van der Waals surface area contributed by atoms with Crippen molar-refractivity contribution >= 4 is 17.6 Å². The van der Waals surface area contributed by atoms with Gasteiger partial charge in [0.1, 0.15) is 24.0 Å². The van der Waals surface area contributed by atoms with Crippen molar-refractivity contribution in [1.29, 1.82) is 0 Å². The molecular formula is C29H29F5N2O4. The number of rotatable bonds is 10. The highest BCUT2D eigenvalue weighted by molar-refractivity contribution is 5.94. The largest absolute Gasteiger partial charge is 0.491 e. The molecule has 0 saturated heterocycles. The van der Waals surface area contributed by atoms with Crippen molar-refractivity contribution in [2.24, 2.45) is 5.41 Å². The van der Waals surface area contributed by atoms with Crippen LogP contribution in [0.4, 0.5) is 27.6 Å². The molecule has 0 aromatic heterocycles. The van der Waals surface area contributed by atoms with Crippen LogP contribution in [0.1, 0.15) is 43.1 Å². The van der Waals surface area contributed by atoms with Gasteiger partial charge in [-0.15, -0.1) is 0 Å². The average Bonchev–Trinajstić information content (AvgIpc) is 2.85. The maximum absolute atomic E-state index is 14.8. The quantitative estimate of drug-likeness (QED) is 0.237. The molecule has 0 aliphatic heterocycles. The lowest BCUT2D eigenvalue weighted by Crippen LogP contribution is -2.39. The zero-order valence-electron chi connectivity index (χ0n) is 22.0. The molecule has 0 bridgehead atoms. The number of carbonyl (C=O) groups excluding carboxylic acids is 1. The van der Waals surface area contributed by atoms with Gasteiger partial charge >= 0.3 is 12.1 Å². The van der Waals surface area contributed by atoms with Crippen LogP contribution in [0.15, 0.2) is 60.7 Å². The van der Waals surface area contributed by atoms with E-state index in [1.165, 1.54) is 12.1 Å². The van der Waals surface area contributed by atoms with Crippen LogP contribution in [0.25, 0.3) is 11.1 Å². The highest BCUT2D eigenvalue weighted by Crippen LogP contribution is 2.34. The molecule has 0 aliphatic carbocycles. The topological polar surface area (TPSA) is 87.7 Å². The smallest absolute Gasteiger partial charge is 0.416 e. The highest BCUT2D eigenvalue weighted by Gasteiger charge is 2.31. The van der Waals surface area contributed by atoms with E-state index in [1.54, 1.807) is 24.3 Å². The predicted molar refractivity (Wildman–Crippen MR) is 140 cm³/mol. The summed E-state index contributed by atoms with van der Waals surface area (Å²) in [4.78, 5) is 22.7. The summed E-state index contributed by atoms with van der Waals surface area (Å²) in [5, 5.41) is 14.5. The summed E-state index contributed by atoms with van der Waals surface area (Å²) in [6.45, 7) is 6.02. The fourth-order valence-electron chi connectivity index (χ4n) is 3.71. The van der Waals surface area contributed by atoms with E-state index in [0.29, 0.717) is 23.4 Å². The number of aliphatic carboxylic acids is 1. The molecule has 40 heavy (non-hydrogen) atoms. The minimum Gasteiger partial charge on any atom is -0.491 e. The molecule has 0 spiro atoms. The Hall–Kier alpha value is -4.15. The third-order valence-corrected chi connectivity index (χ3v) is 6.10. The van der Waals surface area contributed by atoms with Gasteiger partial charge in [0.2, 0.25) is 0 Å². The van der Waals surface area contributed by atoms with Crippen LogP contribution in [-0.4, -0.2) is 36.2 Å². The molecule has 0 radical (unpaired) electrons. The summed E-state index contributed by atoms with van der Waals surface area (Å²) in [6, 6.07) is 11.9. The zero-order chi connectivity index (χ0) is 29.7. The van der Waals surface area contributed by atoms with Crippen molar-refractivity contribution in [2.45, 2.75) is 39.4 Å². The van der Waals surface area contributed by atoms with E-state index in [1.807, 2.05) is 20.8 Å². The molecule has 1 amide bonds. The van der Waals surface area contributed by atoms with Crippen molar-refractivity contribution in [1.82, 2.24) is 5.32 Å². The van der Waals surface area contributed by atoms with Crippen LogP contribution >= 0.6 is 0 Å². The summed E-state index contributed by atoms with van der Waals surface area (Å²) in [6.07, 6.45) is -4.90. The van der Waals surface area contributed by atoms with Crippen LogP contribution in [0, 0.1) is 17.0 Å². The fraction of sp³-hybridized carbons (Fsp3) is 0.310. The highest BCUT2D eigenvalue weighted by atomic mass is 19.4. The molecular weight excluding hydrogens is 535 g/mol. The van der Waals surface area contributed by atoms with Gasteiger partial charge in [0, 0.05) is 35.0 Å². The number of nitrogens with one attached hydrogen (secondary N) is 2. The SMILES string of the molecule is CC(C)(C)C(COc1ccc(-c2ccc(C(F)(F)F)cc2F)c(F)c1)Nc1ccc(C(=O)NCCC(=O)O)cc1. The van der Waals surface area contributed by atoms with E-state index in [2.05, 4.69) is 10.6 Å². The Balaban J connectivity index is 1.67. The number of amides is 1. The average molecular weight is 565 g/mol. The number of carboxylic acids is 1. The van der Waals surface area contributed by atoms with Gasteiger partial charge in [0.25, 0.3) is 5.91 Å². The number of hydrogen-bond donors (Lipinski definition) is 3. The Kier molecular flexibility index (Phi) is 9.39. The van der Waals surface area contributed by atoms with E-state index < -0.39 is 35.3 Å². The first-order chi connectivity index (χ1) is 18.6. The van der Waals surface area contributed by atoms with E-state index in [4.69, 9.17) is 9.84 Å². The second-order valence-electron chi connectivity index (χ2n) is 10.2. The van der Waals surface area contributed by atoms with Crippen molar-refractivity contribution in [2.75, 3.05) is 18.5 Å². The van der Waals surface area contributed by atoms with E-state index in [-0.39, 0.29) is 47.9 Å². The van der Waals surface area contributed by atoms with Crippen LogP contribution in [0.5, 0.6) is 5.75 Å². The van der Waals surface area contributed by atoms with Crippen molar-refractivity contribution in [3.63, 3.8) is 0 Å². The Labute approximate surface area is 228 Å². The molecule has 3 aromatic carbocycles. The third kappa shape index (κ3) is 8.17. The Morgan fingerprint density at radius 1 is 0.900 bits per heavy atom. The predicted octanol–water partition coefficient (Wildman–Crippen LogP) is 6.76. The number of ether oxygens (including phenoxy) is 1. The number of carbonyl (C=O) groups is 2. The third-order valence-electron chi connectivity index (χ3n) is 6.10. The molecule has 214 valence electrons. The number of carboxylic acid groups (broad SMARTS) is 1. The normalized spacial score (nSPS) is 12.5. The monoisotopic (exact) mass is 564 g/mol. The minimum absolute atomic E-state index is 0.0124. The van der Waals surface area contributed by atoms with Gasteiger partial charge < -0.3 is 20.5 Å². The zero-order valence-corrected chi connectivity index (χ0v) is 22.0. The van der Waals surface area contributed by atoms with Gasteiger partial charge in [-0.05, 0) is 53.9 Å². The van der Waals surface area contributed by atoms with Gasteiger partial charge in [-0.1, -0.05) is 26.8 Å². The molecule has 1 atom stereocenters. The minimum atomic E-state index is -4.72. The van der Waals surface area contributed by atoms with E-state index >= 15 is 0 Å². The maximum atomic E-state index is 14.8. The molecule has 11 heteroatoms. The van der Waals surface area contributed by atoms with Crippen molar-refractivity contribution in [3.05, 3.63) is 83.4 Å². The van der Waals surface area contributed by atoms with Gasteiger partial charge in [-0.3, -0.25) is 9.59 Å². The van der Waals surface area contributed by atoms with Gasteiger partial charge in [-0.25, -0.2) is 8.78 Å². The molecule has 0 saturated carbocycles. The number of anilines is 1. The van der Waals surface area contributed by atoms with Gasteiger partial charge in [0.15, 0.2) is 0 Å². The summed E-state index contributed by atoms with van der Waals surface area (Å²) < 4.78 is 73.4. The molecule has 6 nitrogen and oxygen atoms in total. The number of alkyl halides is 3. The van der Waals surface area contributed by atoms with Crippen LogP contribution in [-0.2, 0) is 11.0 Å². The molecule has 0 fully saturated rings. The van der Waals surface area contributed by atoms with Crippen LogP contribution in [0.2, 0.25) is 0 Å². The summed E-state index contributed by atoms with van der Waals surface area (Å²) in [7, 11) is 0. The number of benzene rings is 3. The van der Waals surface area contributed by atoms with Gasteiger partial charge in [0.05, 0.1) is 18.0 Å². The van der Waals surface area contributed by atoms with Crippen LogP contribution in [0.3, 0.4) is 0 Å². The molecule has 0 heterocycles. The maximum Gasteiger partial charge on any atom is 0.416 e. The Morgan fingerprint density at radius 2 is 1.50 bits per heavy atom. The van der Waals surface area contributed by atoms with Crippen LogP contribution < -0.4 is 15.4 Å². The lowest BCUT2D eigenvalue weighted by Gasteiger charge is -2.32. The summed E-state index contributed by atoms with van der Waals surface area (Å²) in [5.41, 5.74) is -0.941. The molecule has 3 N–H and O–H groups in total. The number of hydrogen-bond acceptors (Lipinski definition) is 4. The van der Waals surface area contributed by atoms with Crippen molar-refractivity contribution in [3.8, 4) is 16.9 Å². The first-order valence-corrected chi connectivity index (χ1v) is 12.3. The van der Waals surface area contributed by atoms with E-state index in [9.17, 15) is 31.5 Å². The lowest BCUT2D eigenvalue weighted by molar-refractivity contribution is -0.138. The van der Waals surface area contributed by atoms with Gasteiger partial charge in [-0.2, -0.15) is 13.2 Å². The van der Waals surface area contributed by atoms with Crippen molar-refractivity contribution < 1.29 is 41.4 Å². The number of halogens is 5. The van der Waals surface area contributed by atoms with E-state index in [0.717, 1.165) is 12.1 Å². The summed E-state index contributed by atoms with van der Waals surface area (Å²) >= 11 is 0. The first kappa shape index (κ1) is 30.4. The Morgan fingerprint density at radius 3 is 2.02 bits per heavy atom. The molecule has 0 aliphatic rings. The second kappa shape index (κ2) is 12.4. The molecule has 3 rings (SSSR count). The standard InChI is InChI=1S/C29H29F5N2O4/c1-28(2,3)25(36-19-7-4-17(5-8-19)27(39)35-13-12-26(37)38)16-40-20-9-11-22(24(31)15-20)21-10-6-18(14-23(21)30)29(32,33)34/h4-11,14-15,25,36H,12-13,16H2,1-3H3,(H,35,39)(H,37,38). The lowest BCUT2D eigenvalue weighted by atomic mass is 9.87. The molecule has 3 aromatic rings. The second-order valence-corrected chi connectivity index (χ2v) is 10.2. The fourth-order valence-corrected chi connectivity index (χ4v) is 3.71.